The summed E-state index contributed by atoms with van der Waals surface area (Å²) in [6.07, 6.45) is -4.10. The predicted octanol–water partition coefficient (Wildman–Crippen LogP) is 7.89. The van der Waals surface area contributed by atoms with Crippen molar-refractivity contribution < 1.29 is 37.3 Å². The number of hydrogen-bond donors (Lipinski definition) is 0. The van der Waals surface area contributed by atoms with E-state index in [-0.39, 0.29) is 12.9 Å². The summed E-state index contributed by atoms with van der Waals surface area (Å²) >= 11 is -3.34. The number of hydrogen-bond acceptors (Lipinski definition) is 3. The summed E-state index contributed by atoms with van der Waals surface area (Å²) in [6.45, 7) is 2.06. The number of halogens is 7. The number of rotatable bonds is 11. The Balaban J connectivity index is 2.25. The molecule has 0 spiro atoms. The van der Waals surface area contributed by atoms with Crippen molar-refractivity contribution in [2.24, 2.45) is 0 Å². The summed E-state index contributed by atoms with van der Waals surface area (Å²) in [5, 5.41) is 0. The van der Waals surface area contributed by atoms with E-state index in [1.807, 2.05) is 0 Å². The first kappa shape index (κ1) is 27.9. The Hall–Kier alpha value is -1.34. The molecule has 0 bridgehead atoms. The molecule has 0 saturated heterocycles. The van der Waals surface area contributed by atoms with Gasteiger partial charge < -0.3 is 0 Å². The van der Waals surface area contributed by atoms with E-state index in [0.29, 0.717) is 12.8 Å². The van der Waals surface area contributed by atoms with Gasteiger partial charge in [-0.2, -0.15) is 0 Å². The minimum atomic E-state index is -4.57. The van der Waals surface area contributed by atoms with Crippen molar-refractivity contribution in [2.45, 2.75) is 57.8 Å². The standard InChI is InChI=1S/C22H25F6IO3S/c1-2-3-4-5-6-7-16-33(30,31)32-29(19-12-8-17(9-13-19)21(23,24)25)20-14-10-18(11-15-20)22(26,27)28/h8-15H,2-7,16H2,1H3. The van der Waals surface area contributed by atoms with E-state index < -0.39 is 53.8 Å². The summed E-state index contributed by atoms with van der Waals surface area (Å²) < 4.78 is 108. The molecule has 2 aromatic carbocycles. The molecule has 3 nitrogen and oxygen atoms in total. The predicted molar refractivity (Wildman–Crippen MR) is 123 cm³/mol. The van der Waals surface area contributed by atoms with Gasteiger partial charge in [-0.15, -0.1) is 0 Å². The average Bonchev–Trinajstić information content (AvgIpc) is 2.73. The third-order valence-electron chi connectivity index (χ3n) is 4.65. The van der Waals surface area contributed by atoms with Crippen molar-refractivity contribution in [1.29, 1.82) is 0 Å². The fourth-order valence-electron chi connectivity index (χ4n) is 2.89. The molecule has 2 aromatic rings. The van der Waals surface area contributed by atoms with Crippen LogP contribution >= 0.6 is 20.2 Å². The van der Waals surface area contributed by atoms with E-state index in [1.165, 1.54) is 0 Å². The first-order chi connectivity index (χ1) is 15.3. The van der Waals surface area contributed by atoms with Gasteiger partial charge in [-0.05, 0) is 0 Å². The molecule has 186 valence electrons. The summed E-state index contributed by atoms with van der Waals surface area (Å²) in [7, 11) is -4.02. The summed E-state index contributed by atoms with van der Waals surface area (Å²) in [4.78, 5) is 0. The fourth-order valence-corrected chi connectivity index (χ4v) is 10.0. The van der Waals surface area contributed by atoms with Crippen molar-refractivity contribution >= 4 is 30.4 Å². The van der Waals surface area contributed by atoms with Gasteiger partial charge in [0.05, 0.1) is 0 Å². The molecular formula is C22H25F6IO3S. The zero-order valence-electron chi connectivity index (χ0n) is 17.8. The molecule has 0 unspecified atom stereocenters. The third-order valence-corrected chi connectivity index (χ3v) is 12.2. The van der Waals surface area contributed by atoms with Crippen molar-refractivity contribution in [1.82, 2.24) is 0 Å². The molecule has 0 heterocycles. The normalized spacial score (nSPS) is 13.2. The van der Waals surface area contributed by atoms with Gasteiger partial charge in [0, 0.05) is 0 Å². The van der Waals surface area contributed by atoms with Gasteiger partial charge in [0.1, 0.15) is 0 Å². The molecule has 2 rings (SSSR count). The Labute approximate surface area is 197 Å². The molecule has 0 fully saturated rings. The Morgan fingerprint density at radius 3 is 1.48 bits per heavy atom. The maximum absolute atomic E-state index is 12.9. The van der Waals surface area contributed by atoms with Gasteiger partial charge >= 0.3 is 198 Å². The van der Waals surface area contributed by atoms with Gasteiger partial charge in [0.25, 0.3) is 0 Å². The van der Waals surface area contributed by atoms with Crippen LogP contribution in [-0.2, 0) is 25.0 Å². The van der Waals surface area contributed by atoms with Crippen LogP contribution in [0.5, 0.6) is 0 Å². The SMILES string of the molecule is CCCCCCCCS(=O)(=O)OI(c1ccc(C(F)(F)F)cc1)c1ccc(C(F)(F)F)cc1. The van der Waals surface area contributed by atoms with E-state index in [1.54, 1.807) is 0 Å². The first-order valence-electron chi connectivity index (χ1n) is 10.3. The Bertz CT molecular complexity index is 914. The Kier molecular flexibility index (Phi) is 10.0. The molecule has 11 heteroatoms. The minimum absolute atomic E-state index is 0.235. The van der Waals surface area contributed by atoms with Crippen LogP contribution in [0.2, 0.25) is 0 Å². The molecule has 0 N–H and O–H groups in total. The molecule has 33 heavy (non-hydrogen) atoms. The average molecular weight is 610 g/mol. The van der Waals surface area contributed by atoms with Crippen LogP contribution in [0.4, 0.5) is 26.3 Å². The van der Waals surface area contributed by atoms with E-state index in [0.717, 1.165) is 74.2 Å². The van der Waals surface area contributed by atoms with Crippen LogP contribution < -0.4 is 0 Å². The topological polar surface area (TPSA) is 43.4 Å². The van der Waals surface area contributed by atoms with Crippen molar-refractivity contribution in [3.8, 4) is 0 Å². The van der Waals surface area contributed by atoms with Gasteiger partial charge in [0.15, 0.2) is 0 Å². The molecule has 0 atom stereocenters. The molecule has 0 radical (unpaired) electrons. The zero-order valence-corrected chi connectivity index (χ0v) is 20.8. The summed E-state index contributed by atoms with van der Waals surface area (Å²) in [5.74, 6) is -0.256. The first-order valence-corrected chi connectivity index (χ1v) is 14.9. The Morgan fingerprint density at radius 2 is 1.09 bits per heavy atom. The van der Waals surface area contributed by atoms with Gasteiger partial charge in [-0.25, -0.2) is 0 Å². The van der Waals surface area contributed by atoms with Crippen LogP contribution in [0, 0.1) is 7.14 Å². The van der Waals surface area contributed by atoms with Crippen LogP contribution in [0.1, 0.15) is 56.6 Å². The number of unbranched alkanes of at least 4 members (excludes halogenated alkanes) is 5. The fraction of sp³-hybridized carbons (Fsp3) is 0.455. The van der Waals surface area contributed by atoms with Crippen LogP contribution in [0.3, 0.4) is 0 Å². The molecule has 0 aliphatic rings. The van der Waals surface area contributed by atoms with Crippen molar-refractivity contribution in [3.63, 3.8) is 0 Å². The third kappa shape index (κ3) is 9.08. The second-order valence-electron chi connectivity index (χ2n) is 7.35. The molecule has 0 amide bonds. The number of benzene rings is 2. The van der Waals surface area contributed by atoms with Gasteiger partial charge in [-0.3, -0.25) is 0 Å². The number of alkyl halides is 6. The molecule has 0 aliphatic heterocycles. The maximum atomic E-state index is 12.9. The van der Waals surface area contributed by atoms with Crippen LogP contribution in [0.15, 0.2) is 48.5 Å². The monoisotopic (exact) mass is 610 g/mol. The van der Waals surface area contributed by atoms with E-state index in [2.05, 4.69) is 6.92 Å². The summed E-state index contributed by atoms with van der Waals surface area (Å²) in [6, 6.07) is 7.77. The molecule has 0 aromatic heterocycles. The van der Waals surface area contributed by atoms with E-state index >= 15 is 0 Å². The van der Waals surface area contributed by atoms with Gasteiger partial charge in [-0.1, -0.05) is 0 Å². The van der Waals surface area contributed by atoms with Crippen LogP contribution in [0.25, 0.3) is 0 Å². The molecule has 0 saturated carbocycles. The summed E-state index contributed by atoms with van der Waals surface area (Å²) in [5.41, 5.74) is -1.83. The molecule has 0 aliphatic carbocycles. The van der Waals surface area contributed by atoms with E-state index in [4.69, 9.17) is 2.51 Å². The van der Waals surface area contributed by atoms with Crippen molar-refractivity contribution in [2.75, 3.05) is 5.75 Å². The zero-order chi connectivity index (χ0) is 24.7. The van der Waals surface area contributed by atoms with E-state index in [9.17, 15) is 34.8 Å². The van der Waals surface area contributed by atoms with Gasteiger partial charge in [0.2, 0.25) is 0 Å². The van der Waals surface area contributed by atoms with Crippen molar-refractivity contribution in [3.05, 3.63) is 66.8 Å². The Morgan fingerprint density at radius 1 is 0.697 bits per heavy atom. The second kappa shape index (κ2) is 11.9. The quantitative estimate of drug-likeness (QED) is 0.148. The second-order valence-corrected chi connectivity index (χ2v) is 14.0. The molecular weight excluding hydrogens is 585 g/mol. The van der Waals surface area contributed by atoms with Crippen LogP contribution in [-0.4, -0.2) is 14.2 Å².